The van der Waals surface area contributed by atoms with Crippen molar-refractivity contribution in [2.24, 2.45) is 17.3 Å². The molecule has 1 aromatic carbocycles. The molecule has 2 saturated heterocycles. The fraction of sp³-hybridized carbons (Fsp3) is 0.733. The van der Waals surface area contributed by atoms with E-state index in [1.165, 1.54) is 50.0 Å². The van der Waals surface area contributed by atoms with Crippen molar-refractivity contribution in [2.45, 2.75) is 90.0 Å². The van der Waals surface area contributed by atoms with E-state index in [2.05, 4.69) is 55.3 Å². The summed E-state index contributed by atoms with van der Waals surface area (Å²) in [6.07, 6.45) is 9.74. The van der Waals surface area contributed by atoms with Gasteiger partial charge in [0, 0.05) is 19.0 Å². The molecule has 5 rings (SSSR count). The highest BCUT2D eigenvalue weighted by Crippen LogP contribution is 2.48. The summed E-state index contributed by atoms with van der Waals surface area (Å²) in [7, 11) is 0. The van der Waals surface area contributed by atoms with Crippen LogP contribution in [0.1, 0.15) is 95.7 Å². The molecular weight excluding hydrogens is 434 g/mol. The molecule has 192 valence electrons. The van der Waals surface area contributed by atoms with E-state index in [0.717, 1.165) is 45.1 Å². The predicted octanol–water partition coefficient (Wildman–Crippen LogP) is 5.06. The molecule has 1 spiro atoms. The number of rotatable bonds is 5. The van der Waals surface area contributed by atoms with Crippen LogP contribution in [0.15, 0.2) is 24.3 Å². The molecule has 2 aliphatic carbocycles. The first kappa shape index (κ1) is 24.8. The van der Waals surface area contributed by atoms with E-state index in [1.807, 2.05) is 4.90 Å². The van der Waals surface area contributed by atoms with Crippen molar-refractivity contribution in [3.05, 3.63) is 35.4 Å². The maximum atomic E-state index is 13.3. The lowest BCUT2D eigenvalue weighted by Gasteiger charge is -2.47. The predicted molar refractivity (Wildman–Crippen MR) is 140 cm³/mol. The third kappa shape index (κ3) is 5.60. The van der Waals surface area contributed by atoms with E-state index < -0.39 is 0 Å². The van der Waals surface area contributed by atoms with Gasteiger partial charge in [0.15, 0.2) is 0 Å². The number of likely N-dealkylation sites (tertiary alicyclic amines) is 2. The SMILES string of the molecule is CC(C)(C)CCN1CCC2(CC[C@@H](NC(=O)C3CCCN(C(=O)C4CC4)C3)c3ccccc32)CC1. The zero-order valence-electron chi connectivity index (χ0n) is 22.2. The number of amides is 2. The molecule has 4 aliphatic rings. The van der Waals surface area contributed by atoms with Crippen LogP contribution in [0.2, 0.25) is 0 Å². The van der Waals surface area contributed by atoms with Crippen LogP contribution < -0.4 is 5.32 Å². The van der Waals surface area contributed by atoms with E-state index in [0.29, 0.717) is 12.0 Å². The third-order valence-corrected chi connectivity index (χ3v) is 9.16. The third-order valence-electron chi connectivity index (χ3n) is 9.16. The average Bonchev–Trinajstić information content (AvgIpc) is 3.70. The molecule has 2 aliphatic heterocycles. The maximum absolute atomic E-state index is 13.3. The molecule has 2 atom stereocenters. The molecule has 3 fully saturated rings. The number of nitrogens with zero attached hydrogens (tertiary/aromatic N) is 2. The van der Waals surface area contributed by atoms with Crippen LogP contribution in [-0.4, -0.2) is 54.3 Å². The van der Waals surface area contributed by atoms with Gasteiger partial charge in [-0.3, -0.25) is 9.59 Å². The number of piperidine rings is 2. The number of fused-ring (bicyclic) bond motifs is 2. The smallest absolute Gasteiger partial charge is 0.225 e. The molecule has 35 heavy (non-hydrogen) atoms. The first-order valence-corrected chi connectivity index (χ1v) is 14.2. The second kappa shape index (κ2) is 9.88. The van der Waals surface area contributed by atoms with Gasteiger partial charge in [0.25, 0.3) is 0 Å². The van der Waals surface area contributed by atoms with Crippen molar-refractivity contribution in [1.82, 2.24) is 15.1 Å². The number of hydrogen-bond donors (Lipinski definition) is 1. The second-order valence-electron chi connectivity index (χ2n) is 13.0. The van der Waals surface area contributed by atoms with Crippen LogP contribution in [0.25, 0.3) is 0 Å². The Hall–Kier alpha value is -1.88. The highest BCUT2D eigenvalue weighted by molar-refractivity contribution is 5.83. The number of carbonyl (C=O) groups is 2. The molecule has 0 bridgehead atoms. The van der Waals surface area contributed by atoms with Crippen molar-refractivity contribution in [1.29, 1.82) is 0 Å². The lowest BCUT2D eigenvalue weighted by atomic mass is 9.63. The Morgan fingerprint density at radius 3 is 2.43 bits per heavy atom. The summed E-state index contributed by atoms with van der Waals surface area (Å²) in [5.74, 6) is 0.589. The van der Waals surface area contributed by atoms with E-state index in [1.54, 1.807) is 0 Å². The Morgan fingerprint density at radius 1 is 0.971 bits per heavy atom. The van der Waals surface area contributed by atoms with Gasteiger partial charge in [0.2, 0.25) is 11.8 Å². The van der Waals surface area contributed by atoms with Crippen LogP contribution in [0, 0.1) is 17.3 Å². The molecule has 0 aromatic heterocycles. The lowest BCUT2D eigenvalue weighted by Crippen LogP contribution is -2.49. The van der Waals surface area contributed by atoms with Gasteiger partial charge in [0.05, 0.1) is 12.0 Å². The van der Waals surface area contributed by atoms with E-state index in [-0.39, 0.29) is 35.1 Å². The van der Waals surface area contributed by atoms with Crippen LogP contribution in [0.4, 0.5) is 0 Å². The van der Waals surface area contributed by atoms with E-state index in [9.17, 15) is 9.59 Å². The van der Waals surface area contributed by atoms with Gasteiger partial charge in [-0.2, -0.15) is 0 Å². The first-order chi connectivity index (χ1) is 16.7. The lowest BCUT2D eigenvalue weighted by molar-refractivity contribution is -0.137. The first-order valence-electron chi connectivity index (χ1n) is 14.2. The quantitative estimate of drug-likeness (QED) is 0.643. The summed E-state index contributed by atoms with van der Waals surface area (Å²) in [5, 5.41) is 3.43. The van der Waals surface area contributed by atoms with Crippen molar-refractivity contribution in [2.75, 3.05) is 32.7 Å². The van der Waals surface area contributed by atoms with Gasteiger partial charge >= 0.3 is 0 Å². The van der Waals surface area contributed by atoms with Gasteiger partial charge < -0.3 is 15.1 Å². The van der Waals surface area contributed by atoms with Crippen LogP contribution in [-0.2, 0) is 15.0 Å². The maximum Gasteiger partial charge on any atom is 0.225 e. The van der Waals surface area contributed by atoms with Gasteiger partial charge in [-0.15, -0.1) is 0 Å². The van der Waals surface area contributed by atoms with Gasteiger partial charge in [-0.05, 0) is 99.4 Å². The number of hydrogen-bond acceptors (Lipinski definition) is 3. The summed E-state index contributed by atoms with van der Waals surface area (Å²) in [4.78, 5) is 30.5. The highest BCUT2D eigenvalue weighted by Gasteiger charge is 2.43. The Bertz CT molecular complexity index is 924. The molecule has 5 heteroatoms. The zero-order valence-corrected chi connectivity index (χ0v) is 22.2. The summed E-state index contributed by atoms with van der Waals surface area (Å²) >= 11 is 0. The normalized spacial score (nSPS) is 26.9. The average molecular weight is 480 g/mol. The molecule has 1 aromatic rings. The van der Waals surface area contributed by atoms with Crippen LogP contribution in [0.5, 0.6) is 0 Å². The molecular formula is C30H45N3O2. The molecule has 0 radical (unpaired) electrons. The summed E-state index contributed by atoms with van der Waals surface area (Å²) in [6, 6.07) is 8.98. The number of benzene rings is 1. The van der Waals surface area contributed by atoms with Gasteiger partial charge in [-0.1, -0.05) is 45.0 Å². The minimum Gasteiger partial charge on any atom is -0.349 e. The van der Waals surface area contributed by atoms with Gasteiger partial charge in [0.1, 0.15) is 0 Å². The zero-order chi connectivity index (χ0) is 24.6. The minimum absolute atomic E-state index is 0.0689. The van der Waals surface area contributed by atoms with Crippen molar-refractivity contribution in [3.63, 3.8) is 0 Å². The number of carbonyl (C=O) groups excluding carboxylic acids is 2. The second-order valence-corrected chi connectivity index (χ2v) is 13.0. The Labute approximate surface area is 212 Å². The minimum atomic E-state index is -0.0689. The van der Waals surface area contributed by atoms with Crippen molar-refractivity contribution >= 4 is 11.8 Å². The Kier molecular flexibility index (Phi) is 7.00. The van der Waals surface area contributed by atoms with Crippen molar-refractivity contribution in [3.8, 4) is 0 Å². The fourth-order valence-corrected chi connectivity index (χ4v) is 6.63. The monoisotopic (exact) mass is 479 g/mol. The van der Waals surface area contributed by atoms with Crippen LogP contribution >= 0.6 is 0 Å². The summed E-state index contributed by atoms with van der Waals surface area (Å²) in [6.45, 7) is 12.0. The molecule has 2 amide bonds. The van der Waals surface area contributed by atoms with E-state index >= 15 is 0 Å². The van der Waals surface area contributed by atoms with Crippen LogP contribution in [0.3, 0.4) is 0 Å². The molecule has 1 saturated carbocycles. The topological polar surface area (TPSA) is 52.7 Å². The Morgan fingerprint density at radius 2 is 1.71 bits per heavy atom. The molecule has 2 heterocycles. The molecule has 1 N–H and O–H groups in total. The standard InChI is InChI=1S/C30H45N3O2/c1-29(2,3)14-18-32-19-15-30(16-20-32)13-12-26(24-8-4-5-9-25(24)30)31-27(34)23-7-6-17-33(21-23)28(35)22-10-11-22/h4-5,8-9,22-23,26H,6-7,10-21H2,1-3H3,(H,31,34)/t23?,26-/m1/s1. The summed E-state index contributed by atoms with van der Waals surface area (Å²) < 4.78 is 0. The Balaban J connectivity index is 1.22. The van der Waals surface area contributed by atoms with Crippen molar-refractivity contribution < 1.29 is 9.59 Å². The van der Waals surface area contributed by atoms with E-state index in [4.69, 9.17) is 0 Å². The largest absolute Gasteiger partial charge is 0.349 e. The highest BCUT2D eigenvalue weighted by atomic mass is 16.2. The van der Waals surface area contributed by atoms with Gasteiger partial charge in [-0.25, -0.2) is 0 Å². The fourth-order valence-electron chi connectivity index (χ4n) is 6.63. The number of nitrogens with one attached hydrogen (secondary N) is 1. The molecule has 1 unspecified atom stereocenters. The summed E-state index contributed by atoms with van der Waals surface area (Å²) in [5.41, 5.74) is 3.45. The molecule has 5 nitrogen and oxygen atoms in total.